The number of hydrogen-bond donors (Lipinski definition) is 1. The van der Waals surface area contributed by atoms with Gasteiger partial charge in [0.05, 0.1) is 0 Å². The van der Waals surface area contributed by atoms with Crippen LogP contribution in [-0.2, 0) is 6.42 Å². The number of fused-ring (bicyclic) bond motifs is 1. The molecule has 19 heavy (non-hydrogen) atoms. The Labute approximate surface area is 115 Å². The zero-order valence-electron chi connectivity index (χ0n) is 11.8. The van der Waals surface area contributed by atoms with Crippen LogP contribution in [0.15, 0.2) is 18.2 Å². The maximum Gasteiger partial charge on any atom is 0.126 e. The lowest BCUT2D eigenvalue weighted by molar-refractivity contribution is 0.264. The van der Waals surface area contributed by atoms with E-state index in [1.807, 2.05) is 6.07 Å². The van der Waals surface area contributed by atoms with Crippen molar-refractivity contribution in [2.75, 3.05) is 0 Å². The summed E-state index contributed by atoms with van der Waals surface area (Å²) in [5.41, 5.74) is 2.14. The van der Waals surface area contributed by atoms with Crippen LogP contribution in [0.25, 0.3) is 0 Å². The molecular formula is C17H24FN. The fourth-order valence-electron chi connectivity index (χ4n) is 3.87. The maximum atomic E-state index is 13.7. The van der Waals surface area contributed by atoms with Crippen molar-refractivity contribution in [1.29, 1.82) is 0 Å². The van der Waals surface area contributed by atoms with Gasteiger partial charge in [0.15, 0.2) is 0 Å². The fraction of sp³-hybridized carbons (Fsp3) is 0.647. The van der Waals surface area contributed by atoms with Crippen molar-refractivity contribution in [3.63, 3.8) is 0 Å². The first kappa shape index (κ1) is 13.1. The normalized spacial score (nSPS) is 25.3. The second-order valence-corrected chi connectivity index (χ2v) is 6.25. The Balaban J connectivity index is 1.67. The highest BCUT2D eigenvalue weighted by Gasteiger charge is 2.28. The molecule has 1 nitrogen and oxygen atoms in total. The lowest BCUT2D eigenvalue weighted by atomic mass is 9.84. The third-order valence-electron chi connectivity index (χ3n) is 5.03. The molecule has 1 N–H and O–H groups in total. The van der Waals surface area contributed by atoms with Gasteiger partial charge in [0.2, 0.25) is 0 Å². The third kappa shape index (κ3) is 2.69. The molecule has 0 amide bonds. The molecule has 1 saturated carbocycles. The molecule has 3 rings (SSSR count). The Bertz CT molecular complexity index is 437. The summed E-state index contributed by atoms with van der Waals surface area (Å²) in [6.45, 7) is 2.31. The second kappa shape index (κ2) is 5.62. The molecule has 0 radical (unpaired) electrons. The molecule has 0 aliphatic heterocycles. The van der Waals surface area contributed by atoms with Crippen molar-refractivity contribution in [2.24, 2.45) is 5.92 Å². The molecule has 2 heteroatoms. The average molecular weight is 261 g/mol. The van der Waals surface area contributed by atoms with E-state index in [1.54, 1.807) is 6.07 Å². The summed E-state index contributed by atoms with van der Waals surface area (Å²) in [7, 11) is 0. The lowest BCUT2D eigenvalue weighted by Gasteiger charge is -2.31. The molecule has 104 valence electrons. The highest BCUT2D eigenvalue weighted by molar-refractivity contribution is 5.35. The Morgan fingerprint density at radius 2 is 1.95 bits per heavy atom. The van der Waals surface area contributed by atoms with Crippen molar-refractivity contribution in [3.8, 4) is 0 Å². The molecule has 0 heterocycles. The molecule has 0 spiro atoms. The van der Waals surface area contributed by atoms with Crippen molar-refractivity contribution in [2.45, 2.75) is 64.0 Å². The van der Waals surface area contributed by atoms with Gasteiger partial charge in [-0.3, -0.25) is 0 Å². The van der Waals surface area contributed by atoms with E-state index in [1.165, 1.54) is 37.7 Å². The number of nitrogens with one attached hydrogen (secondary N) is 1. The predicted molar refractivity (Wildman–Crippen MR) is 76.6 cm³/mol. The van der Waals surface area contributed by atoms with E-state index in [2.05, 4.69) is 18.3 Å². The van der Waals surface area contributed by atoms with Gasteiger partial charge in [-0.05, 0) is 55.7 Å². The van der Waals surface area contributed by atoms with Crippen molar-refractivity contribution in [1.82, 2.24) is 5.32 Å². The minimum Gasteiger partial charge on any atom is -0.307 e. The van der Waals surface area contributed by atoms with Gasteiger partial charge in [-0.25, -0.2) is 4.39 Å². The molecule has 1 aromatic carbocycles. The van der Waals surface area contributed by atoms with Gasteiger partial charge in [0, 0.05) is 12.1 Å². The lowest BCUT2D eigenvalue weighted by Crippen LogP contribution is -2.36. The number of benzene rings is 1. The van der Waals surface area contributed by atoms with Crippen LogP contribution in [-0.4, -0.2) is 6.04 Å². The number of halogens is 1. The zero-order chi connectivity index (χ0) is 13.2. The maximum absolute atomic E-state index is 13.7. The molecule has 2 atom stereocenters. The van der Waals surface area contributed by atoms with Gasteiger partial charge in [-0.1, -0.05) is 31.4 Å². The van der Waals surface area contributed by atoms with E-state index in [0.717, 1.165) is 24.3 Å². The van der Waals surface area contributed by atoms with Crippen LogP contribution in [0.2, 0.25) is 0 Å². The second-order valence-electron chi connectivity index (χ2n) is 6.25. The largest absolute Gasteiger partial charge is 0.307 e. The highest BCUT2D eigenvalue weighted by Crippen LogP contribution is 2.34. The third-order valence-corrected chi connectivity index (χ3v) is 5.03. The van der Waals surface area contributed by atoms with Crippen molar-refractivity contribution in [3.05, 3.63) is 35.1 Å². The van der Waals surface area contributed by atoms with Crippen molar-refractivity contribution >= 4 is 0 Å². The van der Waals surface area contributed by atoms with Gasteiger partial charge in [0.1, 0.15) is 5.82 Å². The van der Waals surface area contributed by atoms with Crippen LogP contribution in [0, 0.1) is 11.7 Å². The Kier molecular flexibility index (Phi) is 3.88. The zero-order valence-corrected chi connectivity index (χ0v) is 11.8. The van der Waals surface area contributed by atoms with Crippen LogP contribution in [0.5, 0.6) is 0 Å². The summed E-state index contributed by atoms with van der Waals surface area (Å²) in [6, 6.07) is 6.45. The summed E-state index contributed by atoms with van der Waals surface area (Å²) in [6.07, 6.45) is 8.82. The molecule has 2 aliphatic rings. The van der Waals surface area contributed by atoms with E-state index in [0.29, 0.717) is 12.1 Å². The van der Waals surface area contributed by atoms with Crippen LogP contribution < -0.4 is 5.32 Å². The Morgan fingerprint density at radius 3 is 2.74 bits per heavy atom. The standard InChI is InChI=1S/C17H24FN/c1-12(13-6-3-2-4-7-13)19-17-11-10-14-15(17)8-5-9-16(14)18/h5,8-9,12-13,17,19H,2-4,6-7,10-11H2,1H3/t12-,17?/m1/s1. The minimum absolute atomic E-state index is 0.0212. The van der Waals surface area contributed by atoms with Crippen LogP contribution >= 0.6 is 0 Å². The van der Waals surface area contributed by atoms with E-state index in [4.69, 9.17) is 0 Å². The molecule has 1 fully saturated rings. The first-order chi connectivity index (χ1) is 9.25. The molecule has 2 aliphatic carbocycles. The molecule has 1 unspecified atom stereocenters. The van der Waals surface area contributed by atoms with E-state index in [9.17, 15) is 4.39 Å². The first-order valence-corrected chi connectivity index (χ1v) is 7.79. The first-order valence-electron chi connectivity index (χ1n) is 7.79. The van der Waals surface area contributed by atoms with Crippen LogP contribution in [0.1, 0.15) is 62.6 Å². The topological polar surface area (TPSA) is 12.0 Å². The summed E-state index contributed by atoms with van der Waals surface area (Å²) >= 11 is 0. The number of rotatable bonds is 3. The summed E-state index contributed by atoms with van der Waals surface area (Å²) in [4.78, 5) is 0. The molecule has 0 aromatic heterocycles. The minimum atomic E-state index is -0.0212. The van der Waals surface area contributed by atoms with Gasteiger partial charge in [0.25, 0.3) is 0 Å². The highest BCUT2D eigenvalue weighted by atomic mass is 19.1. The van der Waals surface area contributed by atoms with E-state index < -0.39 is 0 Å². The van der Waals surface area contributed by atoms with Gasteiger partial charge in [-0.2, -0.15) is 0 Å². The molecule has 0 bridgehead atoms. The smallest absolute Gasteiger partial charge is 0.126 e. The van der Waals surface area contributed by atoms with Crippen molar-refractivity contribution < 1.29 is 4.39 Å². The Hall–Kier alpha value is -0.890. The SMILES string of the molecule is C[C@@H](NC1CCc2c(F)cccc21)C1CCCCC1. The van der Waals surface area contributed by atoms with Gasteiger partial charge < -0.3 is 5.32 Å². The Morgan fingerprint density at radius 1 is 1.16 bits per heavy atom. The van der Waals surface area contributed by atoms with Gasteiger partial charge in [-0.15, -0.1) is 0 Å². The molecule has 0 saturated heterocycles. The molecule has 1 aromatic rings. The monoisotopic (exact) mass is 261 g/mol. The van der Waals surface area contributed by atoms with Crippen LogP contribution in [0.3, 0.4) is 0 Å². The fourth-order valence-corrected chi connectivity index (χ4v) is 3.87. The summed E-state index contributed by atoms with van der Waals surface area (Å²) < 4.78 is 13.7. The average Bonchev–Trinajstić information content (AvgIpc) is 2.84. The molecular weight excluding hydrogens is 237 g/mol. The van der Waals surface area contributed by atoms with Gasteiger partial charge >= 0.3 is 0 Å². The number of hydrogen-bond acceptors (Lipinski definition) is 1. The van der Waals surface area contributed by atoms with E-state index >= 15 is 0 Å². The van der Waals surface area contributed by atoms with Crippen LogP contribution in [0.4, 0.5) is 4.39 Å². The summed E-state index contributed by atoms with van der Waals surface area (Å²) in [5, 5.41) is 3.77. The predicted octanol–water partition coefficient (Wildman–Crippen LogP) is 4.37. The summed E-state index contributed by atoms with van der Waals surface area (Å²) in [5.74, 6) is 0.790. The quantitative estimate of drug-likeness (QED) is 0.852. The van der Waals surface area contributed by atoms with E-state index in [-0.39, 0.29) is 5.82 Å².